The van der Waals surface area contributed by atoms with Gasteiger partial charge in [-0.15, -0.1) is 0 Å². The largest absolute Gasteiger partial charge is 0.508 e. The third-order valence-electron chi connectivity index (χ3n) is 4.63. The fourth-order valence-corrected chi connectivity index (χ4v) is 2.66. The van der Waals surface area contributed by atoms with Crippen LogP contribution in [-0.4, -0.2) is 42.3 Å². The van der Waals surface area contributed by atoms with E-state index >= 15 is 0 Å². The summed E-state index contributed by atoms with van der Waals surface area (Å²) in [6, 6.07) is 12.1. The highest BCUT2D eigenvalue weighted by molar-refractivity contribution is 5.94. The lowest BCUT2D eigenvalue weighted by Crippen LogP contribution is -2.24. The highest BCUT2D eigenvalue weighted by Crippen LogP contribution is 2.10. The van der Waals surface area contributed by atoms with Gasteiger partial charge in [-0.3, -0.25) is 4.79 Å². The van der Waals surface area contributed by atoms with Crippen molar-refractivity contribution in [1.82, 2.24) is 5.32 Å². The molecule has 2 aromatic rings. The molecule has 5 N–H and O–H groups in total. The topological polar surface area (TPSA) is 122 Å². The Morgan fingerprint density at radius 1 is 0.806 bits per heavy atom. The maximum absolute atomic E-state index is 11.6. The summed E-state index contributed by atoms with van der Waals surface area (Å²) < 4.78 is 4.46. The van der Waals surface area contributed by atoms with Crippen LogP contribution in [0, 0.1) is 0 Å². The Labute approximate surface area is 215 Å². The number of unbranched alkanes of at least 4 members (excludes halogenated alkanes) is 2. The molecule has 0 unspecified atom stereocenters. The average Bonchev–Trinajstić information content (AvgIpc) is 2.90. The Morgan fingerprint density at radius 3 is 1.72 bits per heavy atom. The molecule has 7 heteroatoms. The molecule has 0 atom stereocenters. The second-order valence-electron chi connectivity index (χ2n) is 7.67. The van der Waals surface area contributed by atoms with Crippen LogP contribution in [0.5, 0.6) is 11.5 Å². The van der Waals surface area contributed by atoms with E-state index in [1.807, 2.05) is 0 Å². The van der Waals surface area contributed by atoms with Crippen LogP contribution >= 0.6 is 0 Å². The molecule has 0 saturated heterocycles. The molecule has 0 aromatic heterocycles. The standard InChI is InChI=1S/C14H19NO2.C8H8O3.C7H15N/c1-2-3-4-5-6-11-15-14(17)12-7-9-13(16)10-8-12;1-11-8(10)6-2-4-7(9)5-3-6;1-2-3-4-5-6-7-8/h3-4,7-10,16H,2,5-6,11H2,1H3,(H,15,17);2-5,9H,1H3;3-4H,2,5-8H2,1H3/b4-3-;;4-3-. The van der Waals surface area contributed by atoms with E-state index in [4.69, 9.17) is 15.9 Å². The van der Waals surface area contributed by atoms with Crippen molar-refractivity contribution in [1.29, 1.82) is 0 Å². The van der Waals surface area contributed by atoms with E-state index in [0.717, 1.165) is 45.1 Å². The third-order valence-corrected chi connectivity index (χ3v) is 4.63. The van der Waals surface area contributed by atoms with Gasteiger partial charge in [0.2, 0.25) is 0 Å². The molecule has 0 spiro atoms. The third kappa shape index (κ3) is 16.9. The summed E-state index contributed by atoms with van der Waals surface area (Å²) in [6.07, 6.45) is 15.0. The maximum atomic E-state index is 11.6. The molecule has 2 rings (SSSR count). The molecule has 7 nitrogen and oxygen atoms in total. The summed E-state index contributed by atoms with van der Waals surface area (Å²) in [5, 5.41) is 20.8. The van der Waals surface area contributed by atoms with Gasteiger partial charge < -0.3 is 26.0 Å². The number of carbonyl (C=O) groups is 2. The average molecular weight is 499 g/mol. The van der Waals surface area contributed by atoms with Gasteiger partial charge in [-0.05, 0) is 93.6 Å². The van der Waals surface area contributed by atoms with E-state index in [0.29, 0.717) is 17.7 Å². The minimum absolute atomic E-state index is 0.0931. The number of allylic oxidation sites excluding steroid dienone is 4. The Morgan fingerprint density at radius 2 is 1.28 bits per heavy atom. The predicted octanol–water partition coefficient (Wildman–Crippen LogP) is 5.74. The first-order chi connectivity index (χ1) is 17.4. The number of phenols is 2. The van der Waals surface area contributed by atoms with Gasteiger partial charge in [0.05, 0.1) is 12.7 Å². The van der Waals surface area contributed by atoms with E-state index in [9.17, 15) is 9.59 Å². The summed E-state index contributed by atoms with van der Waals surface area (Å²) in [4.78, 5) is 22.5. The van der Waals surface area contributed by atoms with E-state index < -0.39 is 5.97 Å². The van der Waals surface area contributed by atoms with Crippen molar-refractivity contribution in [3.05, 3.63) is 84.0 Å². The quantitative estimate of drug-likeness (QED) is 0.178. The molecule has 198 valence electrons. The Bertz CT molecular complexity index is 891. The lowest BCUT2D eigenvalue weighted by Gasteiger charge is -2.04. The first kappa shape index (κ1) is 32.4. The van der Waals surface area contributed by atoms with E-state index in [1.165, 1.54) is 43.5 Å². The van der Waals surface area contributed by atoms with E-state index in [-0.39, 0.29) is 17.4 Å². The second kappa shape index (κ2) is 21.9. The summed E-state index contributed by atoms with van der Waals surface area (Å²) in [6.45, 7) is 5.73. The van der Waals surface area contributed by atoms with Crippen LogP contribution in [0.1, 0.15) is 73.1 Å². The van der Waals surface area contributed by atoms with Crippen LogP contribution in [0.4, 0.5) is 0 Å². The zero-order valence-electron chi connectivity index (χ0n) is 21.8. The number of esters is 1. The molecular weight excluding hydrogens is 456 g/mol. The van der Waals surface area contributed by atoms with Crippen LogP contribution in [-0.2, 0) is 4.74 Å². The monoisotopic (exact) mass is 498 g/mol. The number of benzene rings is 2. The molecule has 0 radical (unpaired) electrons. The molecular formula is C29H42N2O5. The minimum atomic E-state index is -0.398. The molecule has 0 aliphatic carbocycles. The van der Waals surface area contributed by atoms with Crippen LogP contribution in [0.25, 0.3) is 0 Å². The summed E-state index contributed by atoms with van der Waals surface area (Å²) >= 11 is 0. The Kier molecular flexibility index (Phi) is 19.7. The Hall–Kier alpha value is -3.58. The summed E-state index contributed by atoms with van der Waals surface area (Å²) in [7, 11) is 1.31. The number of carbonyl (C=O) groups excluding carboxylic acids is 2. The predicted molar refractivity (Wildman–Crippen MR) is 146 cm³/mol. The van der Waals surface area contributed by atoms with Gasteiger partial charge in [0.25, 0.3) is 5.91 Å². The number of hydrogen-bond acceptors (Lipinski definition) is 6. The molecule has 1 amide bonds. The number of hydrogen-bond donors (Lipinski definition) is 4. The van der Waals surface area contributed by atoms with Gasteiger partial charge >= 0.3 is 5.97 Å². The lowest BCUT2D eigenvalue weighted by atomic mass is 10.2. The zero-order chi connectivity index (χ0) is 27.0. The molecule has 0 heterocycles. The van der Waals surface area contributed by atoms with Gasteiger partial charge in [-0.1, -0.05) is 38.2 Å². The molecule has 0 fully saturated rings. The summed E-state index contributed by atoms with van der Waals surface area (Å²) in [5.74, 6) is -0.182. The second-order valence-corrected chi connectivity index (χ2v) is 7.67. The van der Waals surface area contributed by atoms with Crippen LogP contribution in [0.15, 0.2) is 72.8 Å². The highest BCUT2D eigenvalue weighted by atomic mass is 16.5. The number of nitrogens with one attached hydrogen (secondary N) is 1. The number of aromatic hydroxyl groups is 2. The lowest BCUT2D eigenvalue weighted by molar-refractivity contribution is 0.0600. The molecule has 0 aliphatic heterocycles. The van der Waals surface area contributed by atoms with Crippen LogP contribution in [0.3, 0.4) is 0 Å². The number of nitrogens with two attached hydrogens (primary N) is 1. The normalized spacial score (nSPS) is 10.2. The van der Waals surface area contributed by atoms with Gasteiger partial charge in [0, 0.05) is 12.1 Å². The fourth-order valence-electron chi connectivity index (χ4n) is 2.66. The summed E-state index contributed by atoms with van der Waals surface area (Å²) in [5.41, 5.74) is 6.29. The van der Waals surface area contributed by atoms with E-state index in [1.54, 1.807) is 12.1 Å². The van der Waals surface area contributed by atoms with Gasteiger partial charge in [-0.25, -0.2) is 4.79 Å². The number of ether oxygens (including phenoxy) is 1. The smallest absolute Gasteiger partial charge is 0.337 e. The van der Waals surface area contributed by atoms with E-state index in [2.05, 4.69) is 48.2 Å². The SMILES string of the molecule is CC/C=C\CCCN.CC/C=C\CCCNC(=O)c1ccc(O)cc1.COC(=O)c1ccc(O)cc1. The van der Waals surface area contributed by atoms with Crippen molar-refractivity contribution >= 4 is 11.9 Å². The van der Waals surface area contributed by atoms with Crippen molar-refractivity contribution in [2.24, 2.45) is 5.73 Å². The first-order valence-electron chi connectivity index (χ1n) is 12.3. The number of methoxy groups -OCH3 is 1. The maximum Gasteiger partial charge on any atom is 0.337 e. The molecule has 36 heavy (non-hydrogen) atoms. The number of amides is 1. The Balaban J connectivity index is 0.000000555. The minimum Gasteiger partial charge on any atom is -0.508 e. The molecule has 0 aliphatic rings. The zero-order valence-corrected chi connectivity index (χ0v) is 21.8. The molecule has 0 bridgehead atoms. The van der Waals surface area contributed by atoms with Crippen molar-refractivity contribution < 1.29 is 24.5 Å². The number of rotatable bonds is 11. The molecule has 2 aromatic carbocycles. The number of phenolic OH excluding ortho intramolecular Hbond substituents is 2. The first-order valence-corrected chi connectivity index (χ1v) is 12.3. The van der Waals surface area contributed by atoms with Gasteiger partial charge in [0.15, 0.2) is 0 Å². The van der Waals surface area contributed by atoms with Crippen molar-refractivity contribution in [2.45, 2.75) is 52.4 Å². The van der Waals surface area contributed by atoms with Crippen LogP contribution < -0.4 is 11.1 Å². The van der Waals surface area contributed by atoms with Gasteiger partial charge in [-0.2, -0.15) is 0 Å². The van der Waals surface area contributed by atoms with Crippen molar-refractivity contribution in [2.75, 3.05) is 20.2 Å². The highest BCUT2D eigenvalue weighted by Gasteiger charge is 2.04. The molecule has 0 saturated carbocycles. The van der Waals surface area contributed by atoms with Crippen molar-refractivity contribution in [3.8, 4) is 11.5 Å². The fraction of sp³-hybridized carbons (Fsp3) is 0.379. The van der Waals surface area contributed by atoms with Crippen LogP contribution in [0.2, 0.25) is 0 Å². The van der Waals surface area contributed by atoms with Crippen molar-refractivity contribution in [3.63, 3.8) is 0 Å². The van der Waals surface area contributed by atoms with Gasteiger partial charge in [0.1, 0.15) is 11.5 Å².